The van der Waals surface area contributed by atoms with Crippen LogP contribution in [0.5, 0.6) is 0 Å². The SMILES string of the molecule is CCN(C)c1cc(N2CCOC(C(F)(F)F)C2)ncn1. The van der Waals surface area contributed by atoms with Crippen molar-refractivity contribution in [3.63, 3.8) is 0 Å². The first kappa shape index (κ1) is 14.8. The predicted molar refractivity (Wildman–Crippen MR) is 69.0 cm³/mol. The normalized spacial score (nSPS) is 20.1. The van der Waals surface area contributed by atoms with Gasteiger partial charge in [-0.3, -0.25) is 0 Å². The molecule has 5 nitrogen and oxygen atoms in total. The van der Waals surface area contributed by atoms with E-state index in [1.807, 2.05) is 18.9 Å². The second kappa shape index (κ2) is 5.82. The number of morpholine rings is 1. The zero-order valence-corrected chi connectivity index (χ0v) is 11.4. The third-order valence-electron chi connectivity index (χ3n) is 3.26. The van der Waals surface area contributed by atoms with Crippen LogP contribution in [0.4, 0.5) is 24.8 Å². The minimum Gasteiger partial charge on any atom is -0.365 e. The van der Waals surface area contributed by atoms with Crippen molar-refractivity contribution in [2.45, 2.75) is 19.2 Å². The summed E-state index contributed by atoms with van der Waals surface area (Å²) in [5, 5.41) is 0. The Balaban J connectivity index is 2.15. The van der Waals surface area contributed by atoms with E-state index in [-0.39, 0.29) is 13.2 Å². The Morgan fingerprint density at radius 3 is 2.85 bits per heavy atom. The summed E-state index contributed by atoms with van der Waals surface area (Å²) in [5.74, 6) is 1.18. The number of anilines is 2. The van der Waals surface area contributed by atoms with Crippen molar-refractivity contribution in [1.82, 2.24) is 9.97 Å². The summed E-state index contributed by atoms with van der Waals surface area (Å²) in [6.45, 7) is 2.91. The Morgan fingerprint density at radius 1 is 1.45 bits per heavy atom. The van der Waals surface area contributed by atoms with Gasteiger partial charge in [0.05, 0.1) is 13.2 Å². The maximum atomic E-state index is 12.7. The summed E-state index contributed by atoms with van der Waals surface area (Å²) in [7, 11) is 1.87. The van der Waals surface area contributed by atoms with Gasteiger partial charge in [-0.2, -0.15) is 13.2 Å². The molecule has 1 unspecified atom stereocenters. The molecule has 8 heteroatoms. The fourth-order valence-electron chi connectivity index (χ4n) is 1.94. The Labute approximate surface area is 115 Å². The number of ether oxygens (including phenoxy) is 1. The van der Waals surface area contributed by atoms with Crippen molar-refractivity contribution >= 4 is 11.6 Å². The van der Waals surface area contributed by atoms with E-state index >= 15 is 0 Å². The molecule has 1 fully saturated rings. The van der Waals surface area contributed by atoms with Gasteiger partial charge in [0.25, 0.3) is 0 Å². The van der Waals surface area contributed by atoms with Gasteiger partial charge < -0.3 is 14.5 Å². The predicted octanol–water partition coefficient (Wildman–Crippen LogP) is 1.70. The van der Waals surface area contributed by atoms with Crippen LogP contribution in [0.2, 0.25) is 0 Å². The lowest BCUT2D eigenvalue weighted by atomic mass is 10.2. The summed E-state index contributed by atoms with van der Waals surface area (Å²) in [4.78, 5) is 11.6. The van der Waals surface area contributed by atoms with Gasteiger partial charge >= 0.3 is 6.18 Å². The van der Waals surface area contributed by atoms with E-state index in [0.717, 1.165) is 6.54 Å². The highest BCUT2D eigenvalue weighted by atomic mass is 19.4. The molecule has 0 radical (unpaired) electrons. The third-order valence-corrected chi connectivity index (χ3v) is 3.26. The molecule has 2 rings (SSSR count). The van der Waals surface area contributed by atoms with E-state index < -0.39 is 12.3 Å². The molecule has 1 aromatic rings. The highest BCUT2D eigenvalue weighted by Crippen LogP contribution is 2.28. The zero-order valence-electron chi connectivity index (χ0n) is 11.4. The minimum atomic E-state index is -4.35. The third kappa shape index (κ3) is 3.30. The van der Waals surface area contributed by atoms with Gasteiger partial charge in [-0.15, -0.1) is 0 Å². The number of hydrogen-bond acceptors (Lipinski definition) is 5. The Kier molecular flexibility index (Phi) is 4.32. The molecule has 20 heavy (non-hydrogen) atoms. The van der Waals surface area contributed by atoms with Gasteiger partial charge in [0, 0.05) is 26.2 Å². The molecular formula is C12H17F3N4O. The molecule has 112 valence electrons. The van der Waals surface area contributed by atoms with Crippen LogP contribution >= 0.6 is 0 Å². The fraction of sp³-hybridized carbons (Fsp3) is 0.667. The highest BCUT2D eigenvalue weighted by molar-refractivity contribution is 5.50. The molecule has 0 spiro atoms. The van der Waals surface area contributed by atoms with Gasteiger partial charge in [-0.05, 0) is 6.92 Å². The van der Waals surface area contributed by atoms with Crippen LogP contribution in [0.1, 0.15) is 6.92 Å². The van der Waals surface area contributed by atoms with Gasteiger partial charge in [0.2, 0.25) is 0 Å². The largest absolute Gasteiger partial charge is 0.416 e. The summed E-state index contributed by atoms with van der Waals surface area (Å²) >= 11 is 0. The van der Waals surface area contributed by atoms with Crippen molar-refractivity contribution in [2.24, 2.45) is 0 Å². The van der Waals surface area contributed by atoms with E-state index in [1.54, 1.807) is 11.0 Å². The second-order valence-corrected chi connectivity index (χ2v) is 4.60. The van der Waals surface area contributed by atoms with Crippen LogP contribution in [0.25, 0.3) is 0 Å². The van der Waals surface area contributed by atoms with Crippen LogP contribution in [-0.2, 0) is 4.74 Å². The van der Waals surface area contributed by atoms with E-state index in [2.05, 4.69) is 9.97 Å². The molecule has 0 saturated carbocycles. The summed E-state index contributed by atoms with van der Waals surface area (Å²) in [6.07, 6.45) is -4.75. The van der Waals surface area contributed by atoms with Crippen LogP contribution in [0, 0.1) is 0 Å². The molecule has 0 aromatic carbocycles. The number of halogens is 3. The number of nitrogens with zero attached hydrogens (tertiary/aromatic N) is 4. The average molecular weight is 290 g/mol. The molecule has 1 saturated heterocycles. The first-order valence-corrected chi connectivity index (χ1v) is 6.38. The number of aromatic nitrogens is 2. The molecule has 0 amide bonds. The quantitative estimate of drug-likeness (QED) is 0.847. The topological polar surface area (TPSA) is 41.5 Å². The smallest absolute Gasteiger partial charge is 0.365 e. The minimum absolute atomic E-state index is 0.0349. The molecule has 1 aliphatic heterocycles. The van der Waals surface area contributed by atoms with Crippen LogP contribution < -0.4 is 9.80 Å². The van der Waals surface area contributed by atoms with Crippen LogP contribution in [0.3, 0.4) is 0 Å². The lowest BCUT2D eigenvalue weighted by Crippen LogP contribution is -2.49. The summed E-state index contributed by atoms with van der Waals surface area (Å²) in [6, 6.07) is 1.70. The van der Waals surface area contributed by atoms with Gasteiger partial charge in [-0.1, -0.05) is 0 Å². The van der Waals surface area contributed by atoms with Crippen molar-refractivity contribution in [3.8, 4) is 0 Å². The molecule has 1 atom stereocenters. The van der Waals surface area contributed by atoms with Crippen molar-refractivity contribution < 1.29 is 17.9 Å². The van der Waals surface area contributed by atoms with Gasteiger partial charge in [0.15, 0.2) is 6.10 Å². The molecule has 0 bridgehead atoms. The first-order valence-electron chi connectivity index (χ1n) is 6.38. The maximum absolute atomic E-state index is 12.7. The van der Waals surface area contributed by atoms with Crippen molar-refractivity contribution in [1.29, 1.82) is 0 Å². The van der Waals surface area contributed by atoms with Crippen molar-refractivity contribution in [2.75, 3.05) is 43.1 Å². The van der Waals surface area contributed by atoms with Gasteiger partial charge in [0.1, 0.15) is 18.0 Å². The molecule has 2 heterocycles. The lowest BCUT2D eigenvalue weighted by molar-refractivity contribution is -0.221. The first-order chi connectivity index (χ1) is 9.41. The van der Waals surface area contributed by atoms with Crippen molar-refractivity contribution in [3.05, 3.63) is 12.4 Å². The Morgan fingerprint density at radius 2 is 2.20 bits per heavy atom. The lowest BCUT2D eigenvalue weighted by Gasteiger charge is -2.34. The monoisotopic (exact) mass is 290 g/mol. The van der Waals surface area contributed by atoms with Gasteiger partial charge in [-0.25, -0.2) is 9.97 Å². The number of rotatable bonds is 3. The van der Waals surface area contributed by atoms with E-state index in [4.69, 9.17) is 4.74 Å². The second-order valence-electron chi connectivity index (χ2n) is 4.60. The van der Waals surface area contributed by atoms with E-state index in [0.29, 0.717) is 18.2 Å². The average Bonchev–Trinajstić information content (AvgIpc) is 2.46. The standard InChI is InChI=1S/C12H17F3N4O/c1-3-18(2)10-6-11(17-8-16-10)19-4-5-20-9(7-19)12(13,14)15/h6,8-9H,3-5,7H2,1-2H3. The van der Waals surface area contributed by atoms with Crippen LogP contribution in [-0.4, -0.2) is 55.5 Å². The Hall–Kier alpha value is -1.57. The number of alkyl halides is 3. The highest BCUT2D eigenvalue weighted by Gasteiger charge is 2.43. The summed E-state index contributed by atoms with van der Waals surface area (Å²) in [5.41, 5.74) is 0. The zero-order chi connectivity index (χ0) is 14.8. The fourth-order valence-corrected chi connectivity index (χ4v) is 1.94. The molecule has 1 aliphatic rings. The molecule has 1 aromatic heterocycles. The van der Waals surface area contributed by atoms with E-state index in [9.17, 15) is 13.2 Å². The maximum Gasteiger partial charge on any atom is 0.416 e. The molecule has 0 aliphatic carbocycles. The summed E-state index contributed by atoms with van der Waals surface area (Å²) < 4.78 is 42.9. The van der Waals surface area contributed by atoms with Crippen LogP contribution in [0.15, 0.2) is 12.4 Å². The number of hydrogen-bond donors (Lipinski definition) is 0. The Bertz CT molecular complexity index is 455. The molecular weight excluding hydrogens is 273 g/mol. The molecule has 0 N–H and O–H groups in total. The van der Waals surface area contributed by atoms with E-state index in [1.165, 1.54) is 6.33 Å².